The van der Waals surface area contributed by atoms with E-state index < -0.39 is 0 Å². The minimum atomic E-state index is 0.291. The third-order valence-electron chi connectivity index (χ3n) is 5.37. The minimum absolute atomic E-state index is 0.291. The average Bonchev–Trinajstić information content (AvgIpc) is 3.26. The molecule has 3 rings (SSSR count). The zero-order valence-electron chi connectivity index (χ0n) is 12.7. The van der Waals surface area contributed by atoms with Gasteiger partial charge in [-0.3, -0.25) is 9.69 Å². The van der Waals surface area contributed by atoms with E-state index in [9.17, 15) is 4.79 Å². The summed E-state index contributed by atoms with van der Waals surface area (Å²) < 4.78 is 0. The van der Waals surface area contributed by atoms with Gasteiger partial charge in [0.05, 0.1) is 0 Å². The Kier molecular flexibility index (Phi) is 4.61. The number of nitrogens with zero attached hydrogens (tertiary/aromatic N) is 1. The Hall–Kier alpha value is -0.610. The summed E-state index contributed by atoms with van der Waals surface area (Å²) in [5, 5.41) is 6.65. The number of hydrogen-bond acceptors (Lipinski definition) is 3. The van der Waals surface area contributed by atoms with Crippen LogP contribution >= 0.6 is 0 Å². The molecule has 1 saturated heterocycles. The maximum atomic E-state index is 12.3. The fraction of sp³-hybridized carbons (Fsp3) is 0.938. The topological polar surface area (TPSA) is 44.4 Å². The number of amides is 1. The molecule has 0 aromatic carbocycles. The summed E-state index contributed by atoms with van der Waals surface area (Å²) in [5.74, 6) is 0.605. The molecule has 2 saturated carbocycles. The van der Waals surface area contributed by atoms with Crippen LogP contribution in [-0.4, -0.2) is 49.1 Å². The Labute approximate surface area is 122 Å². The molecule has 0 bridgehead atoms. The Balaban J connectivity index is 1.47. The van der Waals surface area contributed by atoms with Crippen LogP contribution in [0.4, 0.5) is 0 Å². The minimum Gasteiger partial charge on any atom is -0.354 e. The zero-order valence-corrected chi connectivity index (χ0v) is 12.7. The number of carbonyl (C=O) groups excluding carboxylic acids is 1. The summed E-state index contributed by atoms with van der Waals surface area (Å²) in [4.78, 5) is 14.9. The van der Waals surface area contributed by atoms with Crippen LogP contribution in [0, 0.1) is 5.92 Å². The normalized spacial score (nSPS) is 32.5. The number of hydrogen-bond donors (Lipinski definition) is 2. The molecule has 0 radical (unpaired) electrons. The summed E-state index contributed by atoms with van der Waals surface area (Å²) in [6.07, 6.45) is 9.86. The third kappa shape index (κ3) is 3.34. The van der Waals surface area contributed by atoms with Gasteiger partial charge in [-0.25, -0.2) is 0 Å². The highest BCUT2D eigenvalue weighted by Crippen LogP contribution is 2.33. The van der Waals surface area contributed by atoms with Crippen molar-refractivity contribution in [3.8, 4) is 0 Å². The summed E-state index contributed by atoms with van der Waals surface area (Å²) in [7, 11) is 2.05. The van der Waals surface area contributed by atoms with Gasteiger partial charge in [0, 0.05) is 37.1 Å². The first-order valence-corrected chi connectivity index (χ1v) is 8.48. The van der Waals surface area contributed by atoms with Gasteiger partial charge in [-0.2, -0.15) is 0 Å². The van der Waals surface area contributed by atoms with E-state index in [-0.39, 0.29) is 0 Å². The van der Waals surface area contributed by atoms with Crippen LogP contribution in [0.1, 0.15) is 51.4 Å². The number of nitrogens with one attached hydrogen (secondary N) is 2. The molecule has 4 heteroatoms. The van der Waals surface area contributed by atoms with Crippen molar-refractivity contribution < 1.29 is 4.79 Å². The lowest BCUT2D eigenvalue weighted by atomic mass is 9.88. The van der Waals surface area contributed by atoms with Crippen LogP contribution in [0.5, 0.6) is 0 Å². The molecule has 3 aliphatic rings. The van der Waals surface area contributed by atoms with Gasteiger partial charge in [-0.1, -0.05) is 19.3 Å². The molecule has 4 nitrogen and oxygen atoms in total. The molecule has 1 heterocycles. The molecule has 2 unspecified atom stereocenters. The molecule has 0 aromatic rings. The largest absolute Gasteiger partial charge is 0.354 e. The van der Waals surface area contributed by atoms with Crippen molar-refractivity contribution in [1.29, 1.82) is 0 Å². The average molecular weight is 279 g/mol. The first-order chi connectivity index (χ1) is 9.78. The number of carbonyl (C=O) groups is 1. The second kappa shape index (κ2) is 6.44. The van der Waals surface area contributed by atoms with Crippen molar-refractivity contribution in [3.05, 3.63) is 0 Å². The highest BCUT2D eigenvalue weighted by atomic mass is 16.1. The lowest BCUT2D eigenvalue weighted by Gasteiger charge is -2.26. The number of likely N-dealkylation sites (tertiary alicyclic amines) is 1. The predicted octanol–water partition coefficient (Wildman–Crippen LogP) is 1.51. The maximum absolute atomic E-state index is 12.3. The van der Waals surface area contributed by atoms with Gasteiger partial charge in [-0.05, 0) is 39.2 Å². The van der Waals surface area contributed by atoms with Crippen molar-refractivity contribution in [1.82, 2.24) is 15.5 Å². The van der Waals surface area contributed by atoms with E-state index >= 15 is 0 Å². The third-order valence-corrected chi connectivity index (χ3v) is 5.37. The van der Waals surface area contributed by atoms with Gasteiger partial charge >= 0.3 is 0 Å². The van der Waals surface area contributed by atoms with E-state index in [2.05, 4.69) is 22.6 Å². The fourth-order valence-corrected chi connectivity index (χ4v) is 3.93. The van der Waals surface area contributed by atoms with Crippen molar-refractivity contribution in [2.75, 3.05) is 20.1 Å². The summed E-state index contributed by atoms with van der Waals surface area (Å²) >= 11 is 0. The summed E-state index contributed by atoms with van der Waals surface area (Å²) in [5.41, 5.74) is 0. The first kappa shape index (κ1) is 14.3. The monoisotopic (exact) mass is 279 g/mol. The van der Waals surface area contributed by atoms with Crippen LogP contribution in [0.15, 0.2) is 0 Å². The molecule has 20 heavy (non-hydrogen) atoms. The van der Waals surface area contributed by atoms with Crippen LogP contribution in [0.25, 0.3) is 0 Å². The number of rotatable bonds is 5. The van der Waals surface area contributed by atoms with Crippen molar-refractivity contribution >= 4 is 5.91 Å². The van der Waals surface area contributed by atoms with Crippen molar-refractivity contribution in [2.24, 2.45) is 5.92 Å². The highest BCUT2D eigenvalue weighted by Gasteiger charge is 2.40. The summed E-state index contributed by atoms with van der Waals surface area (Å²) in [6, 6.07) is 1.95. The molecule has 114 valence electrons. The molecular weight excluding hydrogens is 250 g/mol. The Morgan fingerprint density at radius 3 is 2.55 bits per heavy atom. The molecule has 1 aliphatic heterocycles. The molecular formula is C16H29N3O. The maximum Gasteiger partial charge on any atom is 0.223 e. The molecule has 0 aromatic heterocycles. The highest BCUT2D eigenvalue weighted by molar-refractivity contribution is 5.78. The Morgan fingerprint density at radius 1 is 1.15 bits per heavy atom. The van der Waals surface area contributed by atoms with Crippen LogP contribution < -0.4 is 10.6 Å². The van der Waals surface area contributed by atoms with E-state index in [1.54, 1.807) is 0 Å². The Bertz CT molecular complexity index is 337. The Morgan fingerprint density at radius 2 is 1.90 bits per heavy atom. The molecule has 0 spiro atoms. The fourth-order valence-electron chi connectivity index (χ4n) is 3.93. The van der Waals surface area contributed by atoms with E-state index in [0.717, 1.165) is 32.0 Å². The van der Waals surface area contributed by atoms with E-state index in [1.165, 1.54) is 38.5 Å². The van der Waals surface area contributed by atoms with E-state index in [0.29, 0.717) is 23.9 Å². The van der Waals surface area contributed by atoms with Crippen LogP contribution in [0.2, 0.25) is 0 Å². The molecule has 1 amide bonds. The summed E-state index contributed by atoms with van der Waals surface area (Å²) in [6.45, 7) is 2.01. The molecule has 2 atom stereocenters. The van der Waals surface area contributed by atoms with Gasteiger partial charge in [0.25, 0.3) is 0 Å². The standard InChI is InChI=1S/C16H29N3O/c1-17-13-9-15(19(11-13)14-7-8-14)10-18-16(20)12-5-3-2-4-6-12/h12-15,17H,2-11H2,1H3,(H,18,20). The lowest BCUT2D eigenvalue weighted by Crippen LogP contribution is -2.43. The smallest absolute Gasteiger partial charge is 0.223 e. The van der Waals surface area contributed by atoms with Gasteiger partial charge < -0.3 is 10.6 Å². The number of likely N-dealkylation sites (N-methyl/N-ethyl adjacent to an activating group) is 1. The SMILES string of the molecule is CNC1CC(CNC(=O)C2CCCCC2)N(C2CC2)C1. The second-order valence-electron chi connectivity index (χ2n) is 6.88. The van der Waals surface area contributed by atoms with Crippen LogP contribution in [0.3, 0.4) is 0 Å². The molecule has 2 aliphatic carbocycles. The second-order valence-corrected chi connectivity index (χ2v) is 6.88. The molecule has 2 N–H and O–H groups in total. The van der Waals surface area contributed by atoms with Gasteiger partial charge in [0.1, 0.15) is 0 Å². The van der Waals surface area contributed by atoms with Gasteiger partial charge in [-0.15, -0.1) is 0 Å². The first-order valence-electron chi connectivity index (χ1n) is 8.48. The quantitative estimate of drug-likeness (QED) is 0.802. The zero-order chi connectivity index (χ0) is 13.9. The van der Waals surface area contributed by atoms with E-state index in [4.69, 9.17) is 0 Å². The van der Waals surface area contributed by atoms with Crippen molar-refractivity contribution in [3.63, 3.8) is 0 Å². The predicted molar refractivity (Wildman–Crippen MR) is 80.6 cm³/mol. The van der Waals surface area contributed by atoms with Gasteiger partial charge in [0.2, 0.25) is 5.91 Å². The molecule has 3 fully saturated rings. The van der Waals surface area contributed by atoms with Gasteiger partial charge in [0.15, 0.2) is 0 Å². The van der Waals surface area contributed by atoms with Crippen LogP contribution in [-0.2, 0) is 4.79 Å². The lowest BCUT2D eigenvalue weighted by molar-refractivity contribution is -0.126. The van der Waals surface area contributed by atoms with Crippen molar-refractivity contribution in [2.45, 2.75) is 69.5 Å². The van der Waals surface area contributed by atoms with E-state index in [1.807, 2.05) is 0 Å².